The van der Waals surface area contributed by atoms with Crippen molar-refractivity contribution in [2.75, 3.05) is 25.1 Å². The van der Waals surface area contributed by atoms with Crippen LogP contribution in [0.3, 0.4) is 0 Å². The first kappa shape index (κ1) is 15.1. The van der Waals surface area contributed by atoms with E-state index in [0.29, 0.717) is 12.6 Å². The number of piperidine rings is 1. The fourth-order valence-electron chi connectivity index (χ4n) is 2.43. The zero-order valence-electron chi connectivity index (χ0n) is 11.7. The van der Waals surface area contributed by atoms with Crippen LogP contribution in [0.2, 0.25) is 0 Å². The molecule has 1 saturated heterocycles. The molecule has 1 aromatic heterocycles. The van der Waals surface area contributed by atoms with E-state index in [9.17, 15) is 20.2 Å². The van der Waals surface area contributed by atoms with Gasteiger partial charge in [-0.05, 0) is 25.3 Å². The molecule has 1 unspecified atom stereocenters. The topological polar surface area (TPSA) is 114 Å². The number of hydrogen-bond acceptors (Lipinski definition) is 7. The number of pyridine rings is 1. The van der Waals surface area contributed by atoms with Crippen molar-refractivity contribution in [2.45, 2.75) is 19.8 Å². The summed E-state index contributed by atoms with van der Waals surface area (Å²) in [4.78, 5) is 26.2. The number of aromatic nitrogens is 1. The third-order valence-corrected chi connectivity index (χ3v) is 3.47. The van der Waals surface area contributed by atoms with Crippen LogP contribution in [-0.2, 0) is 0 Å². The Morgan fingerprint density at radius 2 is 2.19 bits per heavy atom. The first-order valence-corrected chi connectivity index (χ1v) is 6.72. The van der Waals surface area contributed by atoms with E-state index in [4.69, 9.17) is 0 Å². The summed E-state index contributed by atoms with van der Waals surface area (Å²) in [5, 5.41) is 24.5. The Morgan fingerprint density at radius 3 is 2.81 bits per heavy atom. The molecule has 2 heterocycles. The molecule has 1 atom stereocenters. The van der Waals surface area contributed by atoms with E-state index < -0.39 is 9.85 Å². The van der Waals surface area contributed by atoms with Gasteiger partial charge in [-0.2, -0.15) is 0 Å². The highest BCUT2D eigenvalue weighted by Gasteiger charge is 2.22. The standard InChI is InChI=1S/C12H17N5O4/c1-9-3-2-4-15(7-9)8-14-12-11(17(20)21)5-10(6-13-12)16(18)19/h5-6,9H,2-4,7-8H2,1H3,(H,13,14). The summed E-state index contributed by atoms with van der Waals surface area (Å²) in [6, 6.07) is 0.925. The lowest BCUT2D eigenvalue weighted by Crippen LogP contribution is -2.37. The zero-order valence-corrected chi connectivity index (χ0v) is 11.7. The molecule has 0 saturated carbocycles. The van der Waals surface area contributed by atoms with Crippen LogP contribution in [0, 0.1) is 26.1 Å². The first-order chi connectivity index (χ1) is 9.97. The molecule has 2 rings (SSSR count). The molecule has 1 aliphatic rings. The van der Waals surface area contributed by atoms with Crippen LogP contribution >= 0.6 is 0 Å². The zero-order chi connectivity index (χ0) is 15.4. The normalized spacial score (nSPS) is 19.2. The summed E-state index contributed by atoms with van der Waals surface area (Å²) in [5.74, 6) is 0.657. The largest absolute Gasteiger partial charge is 0.352 e. The van der Waals surface area contributed by atoms with Crippen molar-refractivity contribution in [1.29, 1.82) is 0 Å². The highest BCUT2D eigenvalue weighted by Crippen LogP contribution is 2.26. The van der Waals surface area contributed by atoms with Crippen LogP contribution in [-0.4, -0.2) is 39.5 Å². The fraction of sp³-hybridized carbons (Fsp3) is 0.583. The molecule has 0 bridgehead atoms. The molecule has 1 aromatic rings. The van der Waals surface area contributed by atoms with Crippen molar-refractivity contribution in [3.8, 4) is 0 Å². The number of nitrogens with one attached hydrogen (secondary N) is 1. The second-order valence-electron chi connectivity index (χ2n) is 5.23. The smallest absolute Gasteiger partial charge is 0.318 e. The van der Waals surface area contributed by atoms with Gasteiger partial charge in [-0.25, -0.2) is 4.98 Å². The summed E-state index contributed by atoms with van der Waals surface area (Å²) in [6.45, 7) is 4.46. The van der Waals surface area contributed by atoms with E-state index in [1.165, 1.54) is 6.42 Å². The molecule has 9 nitrogen and oxygen atoms in total. The maximum atomic E-state index is 11.0. The van der Waals surface area contributed by atoms with Crippen molar-refractivity contribution in [3.63, 3.8) is 0 Å². The molecule has 0 amide bonds. The van der Waals surface area contributed by atoms with Crippen molar-refractivity contribution in [3.05, 3.63) is 32.5 Å². The van der Waals surface area contributed by atoms with Crippen LogP contribution in [0.15, 0.2) is 12.3 Å². The Bertz CT molecular complexity index is 550. The average Bonchev–Trinajstić information content (AvgIpc) is 2.44. The Hall–Kier alpha value is -2.29. The quantitative estimate of drug-likeness (QED) is 0.652. The van der Waals surface area contributed by atoms with E-state index in [1.807, 2.05) is 0 Å². The Balaban J connectivity index is 2.08. The van der Waals surface area contributed by atoms with Gasteiger partial charge in [0.05, 0.1) is 22.6 Å². The average molecular weight is 295 g/mol. The molecule has 0 aliphatic carbocycles. The summed E-state index contributed by atoms with van der Waals surface area (Å²) in [6.07, 6.45) is 3.30. The van der Waals surface area contributed by atoms with Gasteiger partial charge in [0.15, 0.2) is 0 Å². The molecule has 0 radical (unpaired) electrons. The highest BCUT2D eigenvalue weighted by molar-refractivity contribution is 5.59. The number of nitro groups is 2. The van der Waals surface area contributed by atoms with Crippen LogP contribution in [0.1, 0.15) is 19.8 Å². The van der Waals surface area contributed by atoms with Gasteiger partial charge in [-0.3, -0.25) is 25.1 Å². The van der Waals surface area contributed by atoms with Gasteiger partial charge in [0, 0.05) is 6.54 Å². The van der Waals surface area contributed by atoms with Crippen LogP contribution < -0.4 is 5.32 Å². The maximum absolute atomic E-state index is 11.0. The molecule has 1 aliphatic heterocycles. The number of rotatable bonds is 5. The molecular formula is C12H17N5O4. The van der Waals surface area contributed by atoms with Gasteiger partial charge < -0.3 is 5.32 Å². The lowest BCUT2D eigenvalue weighted by molar-refractivity contribution is -0.394. The molecule has 114 valence electrons. The minimum Gasteiger partial charge on any atom is -0.352 e. The summed E-state index contributed by atoms with van der Waals surface area (Å²) in [7, 11) is 0. The number of anilines is 1. The number of nitrogens with zero attached hydrogens (tertiary/aromatic N) is 4. The van der Waals surface area contributed by atoms with Crippen molar-refractivity contribution < 1.29 is 9.85 Å². The molecule has 1 N–H and O–H groups in total. The van der Waals surface area contributed by atoms with Gasteiger partial charge in [-0.15, -0.1) is 0 Å². The third kappa shape index (κ3) is 3.85. The van der Waals surface area contributed by atoms with Gasteiger partial charge >= 0.3 is 5.69 Å². The Kier molecular flexibility index (Phi) is 4.63. The Labute approximate surface area is 121 Å². The predicted molar refractivity (Wildman–Crippen MR) is 76.0 cm³/mol. The van der Waals surface area contributed by atoms with Crippen molar-refractivity contribution >= 4 is 17.2 Å². The SMILES string of the molecule is CC1CCCN(CNc2ncc([N+](=O)[O-])cc2[N+](=O)[O-])C1. The molecule has 0 aromatic carbocycles. The minimum absolute atomic E-state index is 0.0591. The molecule has 0 spiro atoms. The van der Waals surface area contributed by atoms with Crippen molar-refractivity contribution in [2.24, 2.45) is 5.92 Å². The van der Waals surface area contributed by atoms with Gasteiger partial charge in [0.1, 0.15) is 6.20 Å². The fourth-order valence-corrected chi connectivity index (χ4v) is 2.43. The van der Waals surface area contributed by atoms with E-state index >= 15 is 0 Å². The van der Waals surface area contributed by atoms with Gasteiger partial charge in [0.25, 0.3) is 5.69 Å². The van der Waals surface area contributed by atoms with Gasteiger partial charge in [-0.1, -0.05) is 6.92 Å². The lowest BCUT2D eigenvalue weighted by atomic mass is 10.0. The summed E-state index contributed by atoms with van der Waals surface area (Å²) >= 11 is 0. The number of hydrogen-bond donors (Lipinski definition) is 1. The van der Waals surface area contributed by atoms with E-state index in [1.54, 1.807) is 0 Å². The highest BCUT2D eigenvalue weighted by atomic mass is 16.6. The van der Waals surface area contributed by atoms with E-state index in [0.717, 1.165) is 31.8 Å². The van der Waals surface area contributed by atoms with E-state index in [2.05, 4.69) is 22.1 Å². The predicted octanol–water partition coefficient (Wildman–Crippen LogP) is 2.00. The number of likely N-dealkylation sites (tertiary alicyclic amines) is 1. The first-order valence-electron chi connectivity index (χ1n) is 6.72. The van der Waals surface area contributed by atoms with Crippen LogP contribution in [0.4, 0.5) is 17.2 Å². The van der Waals surface area contributed by atoms with Crippen molar-refractivity contribution in [1.82, 2.24) is 9.88 Å². The monoisotopic (exact) mass is 295 g/mol. The minimum atomic E-state index is -0.698. The summed E-state index contributed by atoms with van der Waals surface area (Å²) < 4.78 is 0. The maximum Gasteiger partial charge on any atom is 0.318 e. The molecular weight excluding hydrogens is 278 g/mol. The van der Waals surface area contributed by atoms with Crippen LogP contribution in [0.25, 0.3) is 0 Å². The van der Waals surface area contributed by atoms with Crippen LogP contribution in [0.5, 0.6) is 0 Å². The second kappa shape index (κ2) is 6.44. The lowest BCUT2D eigenvalue weighted by Gasteiger charge is -2.30. The van der Waals surface area contributed by atoms with E-state index in [-0.39, 0.29) is 17.2 Å². The Morgan fingerprint density at radius 1 is 1.43 bits per heavy atom. The molecule has 21 heavy (non-hydrogen) atoms. The summed E-state index contributed by atoms with van der Waals surface area (Å²) in [5.41, 5.74) is -0.770. The second-order valence-corrected chi connectivity index (χ2v) is 5.23. The van der Waals surface area contributed by atoms with Gasteiger partial charge in [0.2, 0.25) is 5.82 Å². The molecule has 1 fully saturated rings. The molecule has 9 heteroatoms. The third-order valence-electron chi connectivity index (χ3n) is 3.47.